The molecule has 0 radical (unpaired) electrons. The molecule has 0 N–H and O–H groups in total. The van der Waals surface area contributed by atoms with Crippen LogP contribution in [0.25, 0.3) is 0 Å². The van der Waals surface area contributed by atoms with E-state index in [0.29, 0.717) is 12.2 Å². The Balaban J connectivity index is 2.41. The van der Waals surface area contributed by atoms with Crippen LogP contribution >= 0.6 is 0 Å². The van der Waals surface area contributed by atoms with Gasteiger partial charge in [-0.15, -0.1) is 0 Å². The lowest BCUT2D eigenvalue weighted by atomic mass is 9.99. The van der Waals surface area contributed by atoms with Crippen molar-refractivity contribution in [3.05, 3.63) is 35.4 Å². The molecule has 82 valence electrons. The van der Waals surface area contributed by atoms with Gasteiger partial charge in [0.05, 0.1) is 13.2 Å². The largest absolute Gasteiger partial charge is 0.376 e. The second-order valence-electron chi connectivity index (χ2n) is 4.91. The molecule has 1 aromatic carbocycles. The Hall–Kier alpha value is -1.15. The Kier molecular flexibility index (Phi) is 4.04. The highest BCUT2D eigenvalue weighted by Gasteiger charge is 2.09. The molecule has 0 saturated heterocycles. The quantitative estimate of drug-likeness (QED) is 0.708. The molecular formula is C13H18O2. The van der Waals surface area contributed by atoms with Gasteiger partial charge in [-0.3, -0.25) is 4.79 Å². The van der Waals surface area contributed by atoms with Crippen LogP contribution in [0.4, 0.5) is 0 Å². The van der Waals surface area contributed by atoms with Crippen LogP contribution in [-0.4, -0.2) is 12.9 Å². The minimum absolute atomic E-state index is 0.197. The van der Waals surface area contributed by atoms with E-state index in [1.165, 1.54) is 0 Å². The minimum atomic E-state index is 0.197. The Bertz CT molecular complexity index is 306. The zero-order valence-electron chi connectivity index (χ0n) is 9.62. The van der Waals surface area contributed by atoms with Crippen LogP contribution in [0.5, 0.6) is 0 Å². The van der Waals surface area contributed by atoms with Crippen LogP contribution in [0.1, 0.15) is 36.7 Å². The topological polar surface area (TPSA) is 26.3 Å². The first-order chi connectivity index (χ1) is 7.01. The molecule has 2 heteroatoms. The molecule has 0 spiro atoms. The Morgan fingerprint density at radius 2 is 1.80 bits per heavy atom. The van der Waals surface area contributed by atoms with Gasteiger partial charge < -0.3 is 4.74 Å². The summed E-state index contributed by atoms with van der Waals surface area (Å²) in [4.78, 5) is 10.4. The zero-order valence-corrected chi connectivity index (χ0v) is 9.62. The highest BCUT2D eigenvalue weighted by atomic mass is 16.5. The summed E-state index contributed by atoms with van der Waals surface area (Å²) in [6.07, 6.45) is 0.847. The lowest BCUT2D eigenvalue weighted by Crippen LogP contribution is -2.14. The molecule has 1 rings (SSSR count). The van der Waals surface area contributed by atoms with Crippen LogP contribution in [0, 0.1) is 5.41 Å². The molecule has 0 fully saturated rings. The molecule has 0 atom stereocenters. The van der Waals surface area contributed by atoms with Crippen molar-refractivity contribution in [1.82, 2.24) is 0 Å². The number of hydrogen-bond donors (Lipinski definition) is 0. The van der Waals surface area contributed by atoms with E-state index < -0.39 is 0 Å². The second kappa shape index (κ2) is 5.08. The first-order valence-corrected chi connectivity index (χ1v) is 5.13. The summed E-state index contributed by atoms with van der Waals surface area (Å²) in [5.74, 6) is 0. The second-order valence-corrected chi connectivity index (χ2v) is 4.91. The van der Waals surface area contributed by atoms with Crippen LogP contribution in [0.15, 0.2) is 24.3 Å². The molecule has 0 aliphatic carbocycles. The molecule has 0 heterocycles. The highest BCUT2D eigenvalue weighted by Crippen LogP contribution is 2.14. The fourth-order valence-corrected chi connectivity index (χ4v) is 1.17. The van der Waals surface area contributed by atoms with Gasteiger partial charge in [-0.25, -0.2) is 0 Å². The normalized spacial score (nSPS) is 11.4. The van der Waals surface area contributed by atoms with Crippen molar-refractivity contribution >= 4 is 6.29 Å². The summed E-state index contributed by atoms with van der Waals surface area (Å²) in [5.41, 5.74) is 2.00. The van der Waals surface area contributed by atoms with Crippen molar-refractivity contribution in [2.75, 3.05) is 6.61 Å². The van der Waals surface area contributed by atoms with E-state index in [2.05, 4.69) is 20.8 Å². The van der Waals surface area contributed by atoms with Crippen molar-refractivity contribution < 1.29 is 9.53 Å². The monoisotopic (exact) mass is 206 g/mol. The van der Waals surface area contributed by atoms with Gasteiger partial charge in [0.1, 0.15) is 6.29 Å². The Morgan fingerprint density at radius 3 is 2.27 bits per heavy atom. The lowest BCUT2D eigenvalue weighted by molar-refractivity contribution is 0.0599. The number of rotatable bonds is 4. The van der Waals surface area contributed by atoms with Gasteiger partial charge in [-0.1, -0.05) is 45.0 Å². The van der Waals surface area contributed by atoms with E-state index >= 15 is 0 Å². The third-order valence-electron chi connectivity index (χ3n) is 1.92. The van der Waals surface area contributed by atoms with Crippen molar-refractivity contribution in [3.8, 4) is 0 Å². The van der Waals surface area contributed by atoms with Gasteiger partial charge in [0.2, 0.25) is 0 Å². The van der Waals surface area contributed by atoms with Gasteiger partial charge in [-0.05, 0) is 11.0 Å². The van der Waals surface area contributed by atoms with Gasteiger partial charge in [0.25, 0.3) is 0 Å². The van der Waals surface area contributed by atoms with Gasteiger partial charge in [0, 0.05) is 5.56 Å². The third kappa shape index (κ3) is 4.75. The molecule has 2 nitrogen and oxygen atoms in total. The van der Waals surface area contributed by atoms with E-state index in [-0.39, 0.29) is 5.41 Å². The number of carbonyl (C=O) groups excluding carboxylic acids is 1. The maximum Gasteiger partial charge on any atom is 0.150 e. The summed E-state index contributed by atoms with van der Waals surface area (Å²) in [6, 6.07) is 7.46. The molecule has 0 saturated carbocycles. The predicted octanol–water partition coefficient (Wildman–Crippen LogP) is 3.06. The molecule has 1 aromatic rings. The van der Waals surface area contributed by atoms with Crippen molar-refractivity contribution in [3.63, 3.8) is 0 Å². The summed E-state index contributed by atoms with van der Waals surface area (Å²) in [6.45, 7) is 7.77. The van der Waals surface area contributed by atoms with E-state index in [0.717, 1.165) is 18.5 Å². The van der Waals surface area contributed by atoms with E-state index in [1.54, 1.807) is 0 Å². The summed E-state index contributed by atoms with van der Waals surface area (Å²) in [7, 11) is 0. The van der Waals surface area contributed by atoms with Crippen molar-refractivity contribution in [1.29, 1.82) is 0 Å². The molecule has 0 aliphatic rings. The molecule has 0 amide bonds. The molecule has 0 unspecified atom stereocenters. The number of ether oxygens (including phenoxy) is 1. The average Bonchev–Trinajstić information content (AvgIpc) is 2.17. The maximum atomic E-state index is 10.4. The van der Waals surface area contributed by atoms with Gasteiger partial charge in [0.15, 0.2) is 0 Å². The van der Waals surface area contributed by atoms with E-state index in [1.807, 2.05) is 24.3 Å². The smallest absolute Gasteiger partial charge is 0.150 e. The average molecular weight is 206 g/mol. The van der Waals surface area contributed by atoms with Crippen molar-refractivity contribution in [2.24, 2.45) is 5.41 Å². The highest BCUT2D eigenvalue weighted by molar-refractivity contribution is 5.74. The molecule has 0 bridgehead atoms. The summed E-state index contributed by atoms with van der Waals surface area (Å²) < 4.78 is 5.57. The molecule has 0 aliphatic heterocycles. The van der Waals surface area contributed by atoms with Crippen molar-refractivity contribution in [2.45, 2.75) is 27.4 Å². The minimum Gasteiger partial charge on any atom is -0.376 e. The summed E-state index contributed by atoms with van der Waals surface area (Å²) >= 11 is 0. The summed E-state index contributed by atoms with van der Waals surface area (Å²) in [5, 5.41) is 0. The molecule has 15 heavy (non-hydrogen) atoms. The fraction of sp³-hybridized carbons (Fsp3) is 0.462. The molecular weight excluding hydrogens is 188 g/mol. The number of benzene rings is 1. The van der Waals surface area contributed by atoms with E-state index in [4.69, 9.17) is 4.74 Å². The van der Waals surface area contributed by atoms with E-state index in [9.17, 15) is 4.79 Å². The fourth-order valence-electron chi connectivity index (χ4n) is 1.17. The predicted molar refractivity (Wildman–Crippen MR) is 60.9 cm³/mol. The number of aldehydes is 1. The zero-order chi connectivity index (χ0) is 11.3. The number of hydrogen-bond acceptors (Lipinski definition) is 2. The first kappa shape index (κ1) is 11.9. The van der Waals surface area contributed by atoms with Gasteiger partial charge >= 0.3 is 0 Å². The Morgan fingerprint density at radius 1 is 1.20 bits per heavy atom. The van der Waals surface area contributed by atoms with Gasteiger partial charge in [-0.2, -0.15) is 0 Å². The van der Waals surface area contributed by atoms with Crippen LogP contribution in [-0.2, 0) is 11.3 Å². The van der Waals surface area contributed by atoms with Crippen LogP contribution in [0.2, 0.25) is 0 Å². The Labute approximate surface area is 91.3 Å². The maximum absolute atomic E-state index is 10.4. The SMILES string of the molecule is CC(C)(C)COCc1ccc(C=O)cc1. The van der Waals surface area contributed by atoms with Crippen LogP contribution in [0.3, 0.4) is 0 Å². The number of carbonyl (C=O) groups is 1. The molecule has 0 aromatic heterocycles. The third-order valence-corrected chi connectivity index (χ3v) is 1.92. The first-order valence-electron chi connectivity index (χ1n) is 5.13. The standard InChI is InChI=1S/C13H18O2/c1-13(2,3)10-15-9-12-6-4-11(8-14)5-7-12/h4-8H,9-10H2,1-3H3. The van der Waals surface area contributed by atoms with Crippen LogP contribution < -0.4 is 0 Å². The lowest BCUT2D eigenvalue weighted by Gasteiger charge is -2.17.